The molecule has 112 valence electrons. The first-order valence-electron chi connectivity index (χ1n) is 6.48. The summed E-state index contributed by atoms with van der Waals surface area (Å²) in [5.41, 5.74) is 0.243. The summed E-state index contributed by atoms with van der Waals surface area (Å²) < 4.78 is 20.0. The van der Waals surface area contributed by atoms with E-state index in [2.05, 4.69) is 15.6 Å². The lowest BCUT2D eigenvalue weighted by molar-refractivity contribution is 0.0523. The smallest absolute Gasteiger partial charge is 0.407 e. The molecule has 1 N–H and O–H groups in total. The Balaban J connectivity index is 1.98. The van der Waals surface area contributed by atoms with Gasteiger partial charge < -0.3 is 10.1 Å². The number of halogens is 1. The number of carbonyl (C=O) groups excluding carboxylic acids is 1. The van der Waals surface area contributed by atoms with E-state index in [0.717, 1.165) is 0 Å². The molecular formula is C14H17FN4O2. The number of carbonyl (C=O) groups is 1. The lowest BCUT2D eigenvalue weighted by Crippen LogP contribution is -2.32. The van der Waals surface area contributed by atoms with Gasteiger partial charge in [0.1, 0.15) is 22.8 Å². The number of amides is 1. The Morgan fingerprint density at radius 3 is 2.76 bits per heavy atom. The molecule has 0 aliphatic heterocycles. The van der Waals surface area contributed by atoms with Crippen LogP contribution in [0.4, 0.5) is 9.18 Å². The van der Waals surface area contributed by atoms with Gasteiger partial charge in [0.05, 0.1) is 12.7 Å². The molecule has 1 aromatic heterocycles. The lowest BCUT2D eigenvalue weighted by atomic mass is 10.2. The maximum Gasteiger partial charge on any atom is 0.407 e. The second kappa shape index (κ2) is 5.90. The van der Waals surface area contributed by atoms with Crippen LogP contribution in [0.3, 0.4) is 0 Å². The van der Waals surface area contributed by atoms with Crippen LogP contribution in [0, 0.1) is 5.82 Å². The summed E-state index contributed by atoms with van der Waals surface area (Å²) in [4.78, 5) is 11.5. The van der Waals surface area contributed by atoms with Crippen LogP contribution in [0.1, 0.15) is 26.5 Å². The van der Waals surface area contributed by atoms with Gasteiger partial charge in [-0.3, -0.25) is 0 Å². The molecule has 0 saturated carbocycles. The maximum absolute atomic E-state index is 13.6. The molecule has 1 aromatic carbocycles. The number of para-hydroxylation sites is 1. The topological polar surface area (TPSA) is 69.0 Å². The number of alkyl carbamates (subject to hydrolysis) is 1. The van der Waals surface area contributed by atoms with Crippen molar-refractivity contribution in [2.24, 2.45) is 0 Å². The van der Waals surface area contributed by atoms with E-state index in [0.29, 0.717) is 11.4 Å². The van der Waals surface area contributed by atoms with Crippen molar-refractivity contribution < 1.29 is 13.9 Å². The highest BCUT2D eigenvalue weighted by atomic mass is 19.1. The van der Waals surface area contributed by atoms with E-state index in [1.807, 2.05) is 0 Å². The Morgan fingerprint density at radius 1 is 1.38 bits per heavy atom. The summed E-state index contributed by atoms with van der Waals surface area (Å²) in [5.74, 6) is -0.394. The summed E-state index contributed by atoms with van der Waals surface area (Å²) in [6.45, 7) is 5.49. The Hall–Kier alpha value is -2.44. The third kappa shape index (κ3) is 4.27. The summed E-state index contributed by atoms with van der Waals surface area (Å²) in [6, 6.07) is 6.24. The van der Waals surface area contributed by atoms with E-state index in [4.69, 9.17) is 4.74 Å². The van der Waals surface area contributed by atoms with E-state index in [1.54, 1.807) is 45.2 Å². The van der Waals surface area contributed by atoms with E-state index < -0.39 is 17.5 Å². The minimum atomic E-state index is -0.561. The predicted molar refractivity (Wildman–Crippen MR) is 74.4 cm³/mol. The largest absolute Gasteiger partial charge is 0.444 e. The standard InChI is InChI=1S/C14H17FN4O2/c1-14(2,3)21-13(20)16-8-10-9-19(18-17-10)12-7-5-4-6-11(12)15/h4-7,9H,8H2,1-3H3,(H,16,20). The summed E-state index contributed by atoms with van der Waals surface area (Å²) in [5, 5.41) is 10.3. The molecule has 0 radical (unpaired) electrons. The normalized spacial score (nSPS) is 11.2. The number of benzene rings is 1. The molecule has 0 saturated heterocycles. The molecule has 7 heteroatoms. The monoisotopic (exact) mass is 292 g/mol. The second-order valence-corrected chi connectivity index (χ2v) is 5.46. The molecule has 1 heterocycles. The van der Waals surface area contributed by atoms with Crippen LogP contribution in [0.5, 0.6) is 0 Å². The minimum Gasteiger partial charge on any atom is -0.444 e. The van der Waals surface area contributed by atoms with Gasteiger partial charge in [-0.2, -0.15) is 0 Å². The zero-order valence-electron chi connectivity index (χ0n) is 12.1. The molecule has 2 aromatic rings. The first-order valence-corrected chi connectivity index (χ1v) is 6.48. The van der Waals surface area contributed by atoms with Crippen LogP contribution in [0.15, 0.2) is 30.5 Å². The Morgan fingerprint density at radius 2 is 2.10 bits per heavy atom. The number of hydrogen-bond donors (Lipinski definition) is 1. The van der Waals surface area contributed by atoms with E-state index >= 15 is 0 Å². The van der Waals surface area contributed by atoms with Gasteiger partial charge >= 0.3 is 6.09 Å². The molecule has 0 bridgehead atoms. The van der Waals surface area contributed by atoms with Crippen molar-refractivity contribution in [3.05, 3.63) is 42.0 Å². The highest BCUT2D eigenvalue weighted by Gasteiger charge is 2.16. The number of nitrogens with one attached hydrogen (secondary N) is 1. The summed E-state index contributed by atoms with van der Waals surface area (Å²) >= 11 is 0. The molecule has 0 unspecified atom stereocenters. The Bertz CT molecular complexity index is 634. The molecule has 21 heavy (non-hydrogen) atoms. The average molecular weight is 292 g/mol. The maximum atomic E-state index is 13.6. The van der Waals surface area contributed by atoms with Gasteiger partial charge in [0.25, 0.3) is 0 Å². The quantitative estimate of drug-likeness (QED) is 0.943. The highest BCUT2D eigenvalue weighted by molar-refractivity contribution is 5.67. The van der Waals surface area contributed by atoms with Crippen molar-refractivity contribution in [2.75, 3.05) is 0 Å². The fraction of sp³-hybridized carbons (Fsp3) is 0.357. The van der Waals surface area contributed by atoms with E-state index in [-0.39, 0.29) is 6.54 Å². The van der Waals surface area contributed by atoms with Crippen LogP contribution >= 0.6 is 0 Å². The first kappa shape index (κ1) is 15.0. The summed E-state index contributed by atoms with van der Waals surface area (Å²) in [7, 11) is 0. The molecule has 0 atom stereocenters. The van der Waals surface area contributed by atoms with Crippen molar-refractivity contribution in [3.8, 4) is 5.69 Å². The van der Waals surface area contributed by atoms with Gasteiger partial charge in [0.15, 0.2) is 0 Å². The fourth-order valence-electron chi connectivity index (χ4n) is 1.61. The van der Waals surface area contributed by atoms with Crippen LogP contribution in [0.25, 0.3) is 5.69 Å². The second-order valence-electron chi connectivity index (χ2n) is 5.46. The molecular weight excluding hydrogens is 275 g/mol. The van der Waals surface area contributed by atoms with Crippen LogP contribution < -0.4 is 5.32 Å². The van der Waals surface area contributed by atoms with Crippen molar-refractivity contribution >= 4 is 6.09 Å². The molecule has 0 aliphatic rings. The molecule has 1 amide bonds. The van der Waals surface area contributed by atoms with Crippen molar-refractivity contribution in [1.82, 2.24) is 20.3 Å². The van der Waals surface area contributed by atoms with Gasteiger partial charge in [-0.05, 0) is 32.9 Å². The van der Waals surface area contributed by atoms with Gasteiger partial charge in [-0.15, -0.1) is 5.10 Å². The molecule has 0 fully saturated rings. The fourth-order valence-corrected chi connectivity index (χ4v) is 1.61. The lowest BCUT2D eigenvalue weighted by Gasteiger charge is -2.19. The number of aromatic nitrogens is 3. The van der Waals surface area contributed by atoms with Crippen LogP contribution in [0.2, 0.25) is 0 Å². The summed E-state index contributed by atoms with van der Waals surface area (Å²) in [6.07, 6.45) is 1.01. The van der Waals surface area contributed by atoms with Gasteiger partial charge in [-0.25, -0.2) is 13.9 Å². The zero-order chi connectivity index (χ0) is 15.5. The third-order valence-corrected chi connectivity index (χ3v) is 2.45. The Labute approximate surface area is 121 Å². The van der Waals surface area contributed by atoms with E-state index in [9.17, 15) is 9.18 Å². The van der Waals surface area contributed by atoms with Crippen molar-refractivity contribution in [2.45, 2.75) is 32.9 Å². The SMILES string of the molecule is CC(C)(C)OC(=O)NCc1cn(-c2ccccc2F)nn1. The molecule has 0 spiro atoms. The molecule has 0 aliphatic carbocycles. The highest BCUT2D eigenvalue weighted by Crippen LogP contribution is 2.11. The van der Waals surface area contributed by atoms with Crippen LogP contribution in [-0.2, 0) is 11.3 Å². The van der Waals surface area contributed by atoms with Crippen molar-refractivity contribution in [1.29, 1.82) is 0 Å². The molecule has 2 rings (SSSR count). The number of ether oxygens (including phenoxy) is 1. The van der Waals surface area contributed by atoms with Gasteiger partial charge in [-0.1, -0.05) is 17.3 Å². The predicted octanol–water partition coefficient (Wildman–Crippen LogP) is 2.43. The number of nitrogens with zero attached hydrogens (tertiary/aromatic N) is 3. The van der Waals surface area contributed by atoms with Gasteiger partial charge in [0.2, 0.25) is 0 Å². The molecule has 6 nitrogen and oxygen atoms in total. The zero-order valence-corrected chi connectivity index (χ0v) is 12.1. The third-order valence-electron chi connectivity index (χ3n) is 2.45. The van der Waals surface area contributed by atoms with Gasteiger partial charge in [0, 0.05) is 0 Å². The Kier molecular flexibility index (Phi) is 4.21. The average Bonchev–Trinajstić information content (AvgIpc) is 2.83. The van der Waals surface area contributed by atoms with Crippen molar-refractivity contribution in [3.63, 3.8) is 0 Å². The van der Waals surface area contributed by atoms with E-state index in [1.165, 1.54) is 10.7 Å². The van der Waals surface area contributed by atoms with Crippen LogP contribution in [-0.4, -0.2) is 26.7 Å². The number of hydrogen-bond acceptors (Lipinski definition) is 4. The minimum absolute atomic E-state index is 0.156. The number of rotatable bonds is 3. The first-order chi connectivity index (χ1) is 9.85.